The van der Waals surface area contributed by atoms with E-state index in [2.05, 4.69) is 10.6 Å². The maximum atomic E-state index is 12.2. The second-order valence-electron chi connectivity index (χ2n) is 5.45. The van der Waals surface area contributed by atoms with Crippen molar-refractivity contribution in [3.8, 4) is 5.75 Å². The highest BCUT2D eigenvalue weighted by atomic mass is 35.5. The van der Waals surface area contributed by atoms with Gasteiger partial charge in [0.2, 0.25) is 5.91 Å². The van der Waals surface area contributed by atoms with Gasteiger partial charge in [-0.3, -0.25) is 4.79 Å². The Labute approximate surface area is 131 Å². The molecule has 4 nitrogen and oxygen atoms in total. The van der Waals surface area contributed by atoms with Crippen molar-refractivity contribution in [1.82, 2.24) is 5.32 Å². The summed E-state index contributed by atoms with van der Waals surface area (Å²) >= 11 is 6.01. The number of anilines is 1. The Kier molecular flexibility index (Phi) is 6.33. The van der Waals surface area contributed by atoms with Crippen LogP contribution in [0, 0.1) is 5.92 Å². The molecule has 2 rings (SSSR count). The molecule has 0 aromatic heterocycles. The number of carbonyl (C=O) groups excluding carboxylic acids is 1. The first kappa shape index (κ1) is 16.1. The normalized spacial score (nSPS) is 18.3. The molecule has 0 aliphatic carbocycles. The van der Waals surface area contributed by atoms with Crippen LogP contribution < -0.4 is 15.4 Å². The Hall–Kier alpha value is -1.26. The SMILES string of the molecule is CCCOc1ccc(Cl)cc1NC(=O)CC1CCCNC1. The molecular weight excluding hydrogens is 288 g/mol. The molecule has 1 unspecified atom stereocenters. The highest BCUT2D eigenvalue weighted by Crippen LogP contribution is 2.28. The quantitative estimate of drug-likeness (QED) is 0.846. The lowest BCUT2D eigenvalue weighted by molar-refractivity contribution is -0.117. The Morgan fingerprint density at radius 2 is 2.38 bits per heavy atom. The topological polar surface area (TPSA) is 50.4 Å². The van der Waals surface area contributed by atoms with E-state index < -0.39 is 0 Å². The zero-order valence-electron chi connectivity index (χ0n) is 12.5. The highest BCUT2D eigenvalue weighted by Gasteiger charge is 2.17. The van der Waals surface area contributed by atoms with Crippen molar-refractivity contribution in [2.45, 2.75) is 32.6 Å². The summed E-state index contributed by atoms with van der Waals surface area (Å²) in [6, 6.07) is 5.31. The number of hydrogen-bond donors (Lipinski definition) is 2. The number of ether oxygens (including phenoxy) is 1. The number of benzene rings is 1. The molecule has 0 spiro atoms. The van der Waals surface area contributed by atoms with E-state index in [4.69, 9.17) is 16.3 Å². The van der Waals surface area contributed by atoms with Gasteiger partial charge in [0.05, 0.1) is 12.3 Å². The molecule has 1 aliphatic heterocycles. The van der Waals surface area contributed by atoms with Crippen molar-refractivity contribution in [1.29, 1.82) is 0 Å². The molecule has 116 valence electrons. The van der Waals surface area contributed by atoms with E-state index in [1.165, 1.54) is 0 Å². The van der Waals surface area contributed by atoms with E-state index >= 15 is 0 Å². The highest BCUT2D eigenvalue weighted by molar-refractivity contribution is 6.31. The molecule has 0 saturated carbocycles. The number of nitrogens with one attached hydrogen (secondary N) is 2. The van der Waals surface area contributed by atoms with Crippen LogP contribution in [0.3, 0.4) is 0 Å². The Morgan fingerprint density at radius 3 is 3.10 bits per heavy atom. The second kappa shape index (κ2) is 8.25. The first-order valence-corrected chi connectivity index (χ1v) is 7.99. The second-order valence-corrected chi connectivity index (χ2v) is 5.89. The van der Waals surface area contributed by atoms with Crippen LogP contribution in [0.15, 0.2) is 18.2 Å². The van der Waals surface area contributed by atoms with Crippen LogP contribution in [0.1, 0.15) is 32.6 Å². The molecule has 1 heterocycles. The van der Waals surface area contributed by atoms with Gasteiger partial charge in [-0.2, -0.15) is 0 Å². The van der Waals surface area contributed by atoms with Crippen LogP contribution in [0.2, 0.25) is 5.02 Å². The maximum absolute atomic E-state index is 12.2. The molecule has 0 bridgehead atoms. The number of carbonyl (C=O) groups is 1. The van der Waals surface area contributed by atoms with Crippen molar-refractivity contribution in [3.05, 3.63) is 23.2 Å². The summed E-state index contributed by atoms with van der Waals surface area (Å²) in [6.07, 6.45) is 3.70. The summed E-state index contributed by atoms with van der Waals surface area (Å²) in [4.78, 5) is 12.2. The number of piperidine rings is 1. The van der Waals surface area contributed by atoms with E-state index in [0.29, 0.717) is 35.4 Å². The molecular formula is C16H23ClN2O2. The summed E-state index contributed by atoms with van der Waals surface area (Å²) in [7, 11) is 0. The minimum absolute atomic E-state index is 0.0207. The van der Waals surface area contributed by atoms with Crippen LogP contribution >= 0.6 is 11.6 Å². The van der Waals surface area contributed by atoms with Gasteiger partial charge in [-0.1, -0.05) is 18.5 Å². The molecule has 1 aliphatic rings. The van der Waals surface area contributed by atoms with Gasteiger partial charge < -0.3 is 15.4 Å². The zero-order chi connectivity index (χ0) is 15.1. The predicted molar refractivity (Wildman–Crippen MR) is 86.1 cm³/mol. The van der Waals surface area contributed by atoms with Gasteiger partial charge in [0.1, 0.15) is 5.75 Å². The lowest BCUT2D eigenvalue weighted by atomic mass is 9.96. The van der Waals surface area contributed by atoms with E-state index in [-0.39, 0.29) is 5.91 Å². The number of rotatable bonds is 6. The first-order valence-electron chi connectivity index (χ1n) is 7.62. The van der Waals surface area contributed by atoms with Crippen LogP contribution in [-0.2, 0) is 4.79 Å². The molecule has 1 aromatic carbocycles. The molecule has 2 N–H and O–H groups in total. The van der Waals surface area contributed by atoms with Gasteiger partial charge in [-0.15, -0.1) is 0 Å². The monoisotopic (exact) mass is 310 g/mol. The molecule has 1 aromatic rings. The minimum atomic E-state index is 0.0207. The van der Waals surface area contributed by atoms with Crippen molar-refractivity contribution in [3.63, 3.8) is 0 Å². The maximum Gasteiger partial charge on any atom is 0.224 e. The smallest absolute Gasteiger partial charge is 0.224 e. The van der Waals surface area contributed by atoms with E-state index in [1.807, 2.05) is 6.92 Å². The Bertz CT molecular complexity index is 473. The lowest BCUT2D eigenvalue weighted by Gasteiger charge is -2.22. The van der Waals surface area contributed by atoms with Crippen molar-refractivity contribution >= 4 is 23.2 Å². The minimum Gasteiger partial charge on any atom is -0.491 e. The summed E-state index contributed by atoms with van der Waals surface area (Å²) in [5.74, 6) is 1.11. The van der Waals surface area contributed by atoms with Gasteiger partial charge in [-0.25, -0.2) is 0 Å². The molecule has 1 atom stereocenters. The number of halogens is 1. The van der Waals surface area contributed by atoms with E-state index in [9.17, 15) is 4.79 Å². The summed E-state index contributed by atoms with van der Waals surface area (Å²) in [5, 5.41) is 6.85. The van der Waals surface area contributed by atoms with Gasteiger partial charge >= 0.3 is 0 Å². The van der Waals surface area contributed by atoms with Gasteiger partial charge in [0.25, 0.3) is 0 Å². The summed E-state index contributed by atoms with van der Waals surface area (Å²) in [5.41, 5.74) is 0.657. The van der Waals surface area contributed by atoms with E-state index in [0.717, 1.165) is 32.4 Å². The van der Waals surface area contributed by atoms with Crippen molar-refractivity contribution < 1.29 is 9.53 Å². The Morgan fingerprint density at radius 1 is 1.52 bits per heavy atom. The van der Waals surface area contributed by atoms with E-state index in [1.54, 1.807) is 18.2 Å². The summed E-state index contributed by atoms with van der Waals surface area (Å²) < 4.78 is 5.65. The largest absolute Gasteiger partial charge is 0.491 e. The van der Waals surface area contributed by atoms with Crippen LogP contribution in [0.4, 0.5) is 5.69 Å². The Balaban J connectivity index is 1.96. The predicted octanol–water partition coefficient (Wildman–Crippen LogP) is 3.46. The molecule has 0 radical (unpaired) electrons. The molecule has 1 saturated heterocycles. The third-order valence-corrected chi connectivity index (χ3v) is 3.79. The van der Waals surface area contributed by atoms with Gasteiger partial charge in [-0.05, 0) is 56.5 Å². The zero-order valence-corrected chi connectivity index (χ0v) is 13.2. The standard InChI is InChI=1S/C16H23ClN2O2/c1-2-8-21-15-6-5-13(17)10-14(15)19-16(20)9-12-4-3-7-18-11-12/h5-6,10,12,18H,2-4,7-9,11H2,1H3,(H,19,20). The number of hydrogen-bond acceptors (Lipinski definition) is 3. The third kappa shape index (κ3) is 5.21. The van der Waals surface area contributed by atoms with Crippen LogP contribution in [0.25, 0.3) is 0 Å². The third-order valence-electron chi connectivity index (χ3n) is 3.55. The van der Waals surface area contributed by atoms with Gasteiger partial charge in [0, 0.05) is 11.4 Å². The first-order chi connectivity index (χ1) is 10.2. The van der Waals surface area contributed by atoms with Crippen molar-refractivity contribution in [2.75, 3.05) is 25.0 Å². The van der Waals surface area contributed by atoms with Gasteiger partial charge in [0.15, 0.2) is 0 Å². The fourth-order valence-electron chi connectivity index (χ4n) is 2.50. The fourth-order valence-corrected chi connectivity index (χ4v) is 2.67. The molecule has 1 fully saturated rings. The summed E-state index contributed by atoms with van der Waals surface area (Å²) in [6.45, 7) is 4.64. The average molecular weight is 311 g/mol. The average Bonchev–Trinajstić information content (AvgIpc) is 2.47. The molecule has 5 heteroatoms. The fraction of sp³-hybridized carbons (Fsp3) is 0.562. The molecule has 1 amide bonds. The lowest BCUT2D eigenvalue weighted by Crippen LogP contribution is -2.32. The van der Waals surface area contributed by atoms with Crippen LogP contribution in [-0.4, -0.2) is 25.6 Å². The number of amides is 1. The van der Waals surface area contributed by atoms with Crippen LogP contribution in [0.5, 0.6) is 5.75 Å². The van der Waals surface area contributed by atoms with Crippen molar-refractivity contribution in [2.24, 2.45) is 5.92 Å². The molecule has 21 heavy (non-hydrogen) atoms.